The minimum Gasteiger partial charge on any atom is -0.871 e. The van der Waals surface area contributed by atoms with E-state index in [2.05, 4.69) is 5.32 Å². The molecule has 1 aliphatic rings. The summed E-state index contributed by atoms with van der Waals surface area (Å²) in [5, 5.41) is 25.4. The molecule has 0 saturated carbocycles. The third-order valence-corrected chi connectivity index (χ3v) is 5.80. The first-order chi connectivity index (χ1) is 14.3. The second kappa shape index (κ2) is 9.24. The van der Waals surface area contributed by atoms with Crippen molar-refractivity contribution >= 4 is 69.2 Å². The number of nitro groups is 1. The Morgan fingerprint density at radius 2 is 2.03 bits per heavy atom. The highest BCUT2D eigenvalue weighted by Crippen LogP contribution is 2.34. The van der Waals surface area contributed by atoms with E-state index >= 15 is 0 Å². The van der Waals surface area contributed by atoms with E-state index in [4.69, 9.17) is 23.8 Å². The molecule has 0 atom stereocenters. The summed E-state index contributed by atoms with van der Waals surface area (Å²) in [5.74, 6) is -1.48. The number of nitrogens with one attached hydrogen (secondary N) is 1. The van der Waals surface area contributed by atoms with Crippen LogP contribution in [0.15, 0.2) is 47.4 Å². The van der Waals surface area contributed by atoms with Crippen LogP contribution in [0.3, 0.4) is 0 Å². The van der Waals surface area contributed by atoms with Gasteiger partial charge in [0.1, 0.15) is 4.32 Å². The fourth-order valence-corrected chi connectivity index (χ4v) is 4.07. The maximum atomic E-state index is 12.6. The van der Waals surface area contributed by atoms with E-state index in [0.29, 0.717) is 19.8 Å². The average Bonchev–Trinajstić information content (AvgIpc) is 2.96. The van der Waals surface area contributed by atoms with Gasteiger partial charge in [-0.2, -0.15) is 0 Å². The first-order valence-corrected chi connectivity index (χ1v) is 10.1. The number of non-ortho nitro benzene ring substituents is 1. The van der Waals surface area contributed by atoms with Gasteiger partial charge in [-0.25, -0.2) is 0 Å². The van der Waals surface area contributed by atoms with Crippen LogP contribution in [0.4, 0.5) is 11.4 Å². The maximum Gasteiger partial charge on any atom is 0.271 e. The number of thioether (sulfide) groups is 1. The molecule has 2 amide bonds. The number of nitrogens with zero attached hydrogens (tertiary/aromatic N) is 2. The van der Waals surface area contributed by atoms with Gasteiger partial charge in [0.05, 0.1) is 9.83 Å². The van der Waals surface area contributed by atoms with Crippen molar-refractivity contribution in [1.82, 2.24) is 4.90 Å². The Balaban J connectivity index is 1.65. The number of thiocarbonyl (C=S) groups is 1. The number of carbonyl (C=O) groups excluding carboxylic acids is 2. The Labute approximate surface area is 185 Å². The number of nitro benzene ring substituents is 1. The molecule has 2 aromatic rings. The van der Waals surface area contributed by atoms with Crippen molar-refractivity contribution in [3.63, 3.8) is 0 Å². The summed E-state index contributed by atoms with van der Waals surface area (Å²) in [6, 6.07) is 10.1. The summed E-state index contributed by atoms with van der Waals surface area (Å²) >= 11 is 12.4. The molecule has 0 spiro atoms. The van der Waals surface area contributed by atoms with Crippen molar-refractivity contribution in [2.75, 3.05) is 11.9 Å². The number of halogens is 1. The van der Waals surface area contributed by atoms with Gasteiger partial charge < -0.3 is 10.4 Å². The fraction of sp³-hybridized carbons (Fsp3) is 0.105. The van der Waals surface area contributed by atoms with Gasteiger partial charge in [-0.15, -0.1) is 0 Å². The molecule has 0 bridgehead atoms. The van der Waals surface area contributed by atoms with Crippen LogP contribution in [0.5, 0.6) is 5.75 Å². The summed E-state index contributed by atoms with van der Waals surface area (Å²) in [4.78, 5) is 36.6. The van der Waals surface area contributed by atoms with Gasteiger partial charge in [0, 0.05) is 35.8 Å². The third-order valence-electron chi connectivity index (χ3n) is 4.08. The van der Waals surface area contributed by atoms with E-state index in [9.17, 15) is 24.8 Å². The van der Waals surface area contributed by atoms with E-state index in [1.165, 1.54) is 4.90 Å². The SMILES string of the molecule is O=C(CCN1C(=O)/C(=C/c2ccccc2Cl)SC1=S)Nc1cc([N+](=O)[O-])ccc1[O-]. The molecule has 3 rings (SSSR count). The monoisotopic (exact) mass is 462 g/mol. The number of rotatable bonds is 6. The van der Waals surface area contributed by atoms with Crippen molar-refractivity contribution in [2.45, 2.75) is 6.42 Å². The zero-order valence-corrected chi connectivity index (χ0v) is 17.6. The van der Waals surface area contributed by atoms with Gasteiger partial charge in [0.2, 0.25) is 5.91 Å². The molecule has 154 valence electrons. The Morgan fingerprint density at radius 3 is 2.73 bits per heavy atom. The largest absolute Gasteiger partial charge is 0.871 e. The van der Waals surface area contributed by atoms with Crippen LogP contribution in [-0.4, -0.2) is 32.5 Å². The minimum absolute atomic E-state index is 0.000517. The number of hydrogen-bond acceptors (Lipinski definition) is 7. The van der Waals surface area contributed by atoms with Gasteiger partial charge in [0.25, 0.3) is 11.6 Å². The van der Waals surface area contributed by atoms with Crippen LogP contribution >= 0.6 is 35.6 Å². The second-order valence-corrected chi connectivity index (χ2v) is 8.17. The molecule has 2 aromatic carbocycles. The van der Waals surface area contributed by atoms with Crippen molar-refractivity contribution in [3.05, 3.63) is 68.1 Å². The average molecular weight is 463 g/mol. The van der Waals surface area contributed by atoms with Crippen LogP contribution in [-0.2, 0) is 9.59 Å². The maximum absolute atomic E-state index is 12.6. The summed E-state index contributed by atoms with van der Waals surface area (Å²) in [5.41, 5.74) is 0.163. The molecular weight excluding hydrogens is 450 g/mol. The molecule has 1 N–H and O–H groups in total. The van der Waals surface area contributed by atoms with E-state index in [0.717, 1.165) is 30.0 Å². The molecule has 0 aliphatic carbocycles. The highest BCUT2D eigenvalue weighted by Gasteiger charge is 2.32. The molecule has 0 radical (unpaired) electrons. The molecule has 8 nitrogen and oxygen atoms in total. The molecule has 30 heavy (non-hydrogen) atoms. The summed E-state index contributed by atoms with van der Waals surface area (Å²) in [7, 11) is 0. The minimum atomic E-state index is -0.666. The van der Waals surface area contributed by atoms with Crippen LogP contribution in [0.25, 0.3) is 6.08 Å². The first-order valence-electron chi connectivity index (χ1n) is 8.51. The van der Waals surface area contributed by atoms with Crippen molar-refractivity contribution in [2.24, 2.45) is 0 Å². The molecule has 0 unspecified atom stereocenters. The van der Waals surface area contributed by atoms with Crippen molar-refractivity contribution in [1.29, 1.82) is 0 Å². The van der Waals surface area contributed by atoms with Crippen molar-refractivity contribution < 1.29 is 19.6 Å². The topological polar surface area (TPSA) is 116 Å². The van der Waals surface area contributed by atoms with Crippen LogP contribution in [0.1, 0.15) is 12.0 Å². The lowest BCUT2D eigenvalue weighted by Gasteiger charge is -2.16. The van der Waals surface area contributed by atoms with Gasteiger partial charge in [-0.1, -0.05) is 65.6 Å². The number of anilines is 1. The predicted molar refractivity (Wildman–Crippen MR) is 117 cm³/mol. The molecule has 1 heterocycles. The molecule has 1 saturated heterocycles. The lowest BCUT2D eigenvalue weighted by Crippen LogP contribution is -2.31. The summed E-state index contributed by atoms with van der Waals surface area (Å²) < 4.78 is 0.297. The smallest absolute Gasteiger partial charge is 0.271 e. The zero-order valence-electron chi connectivity index (χ0n) is 15.2. The van der Waals surface area contributed by atoms with E-state index in [-0.39, 0.29) is 30.2 Å². The number of carbonyl (C=O) groups is 2. The van der Waals surface area contributed by atoms with Gasteiger partial charge in [-0.3, -0.25) is 24.6 Å². The number of hydrogen-bond donors (Lipinski definition) is 1. The fourth-order valence-electron chi connectivity index (χ4n) is 2.58. The van der Waals surface area contributed by atoms with Gasteiger partial charge in [-0.05, 0) is 17.7 Å². The predicted octanol–water partition coefficient (Wildman–Crippen LogP) is 3.55. The van der Waals surface area contributed by atoms with E-state index in [1.54, 1.807) is 30.3 Å². The van der Waals surface area contributed by atoms with Crippen LogP contribution in [0.2, 0.25) is 5.02 Å². The normalized spacial score (nSPS) is 15.0. The van der Waals surface area contributed by atoms with Gasteiger partial charge in [0.15, 0.2) is 0 Å². The number of benzene rings is 2. The Kier molecular flexibility index (Phi) is 6.70. The van der Waals surface area contributed by atoms with Crippen molar-refractivity contribution in [3.8, 4) is 5.75 Å². The highest BCUT2D eigenvalue weighted by molar-refractivity contribution is 8.26. The summed E-state index contributed by atoms with van der Waals surface area (Å²) in [6.07, 6.45) is 1.49. The van der Waals surface area contributed by atoms with Gasteiger partial charge >= 0.3 is 0 Å². The van der Waals surface area contributed by atoms with E-state index in [1.807, 2.05) is 0 Å². The Morgan fingerprint density at radius 1 is 1.30 bits per heavy atom. The lowest BCUT2D eigenvalue weighted by molar-refractivity contribution is -0.385. The zero-order chi connectivity index (χ0) is 21.8. The summed E-state index contributed by atoms with van der Waals surface area (Å²) in [6.45, 7) is -0.000517. The van der Waals surface area contributed by atoms with Crippen LogP contribution < -0.4 is 10.4 Å². The molecule has 11 heteroatoms. The molecule has 1 aliphatic heterocycles. The first kappa shape index (κ1) is 21.8. The second-order valence-electron chi connectivity index (χ2n) is 6.09. The highest BCUT2D eigenvalue weighted by atomic mass is 35.5. The quantitative estimate of drug-likeness (QED) is 0.302. The molecular formula is C19H13ClN3O5S2-. The molecule has 1 fully saturated rings. The Hall–Kier alpha value is -2.95. The standard InChI is InChI=1S/C19H14ClN3O5S2/c20-13-4-2-1-3-11(13)9-16-18(26)22(19(29)30-16)8-7-17(25)21-14-10-12(23(27)28)5-6-15(14)24/h1-6,9-10,24H,7-8H2,(H,21,25)/p-1/b16-9-. The van der Waals surface area contributed by atoms with Crippen LogP contribution in [0, 0.1) is 10.1 Å². The number of amides is 2. The molecule has 0 aromatic heterocycles. The lowest BCUT2D eigenvalue weighted by atomic mass is 10.2. The van der Waals surface area contributed by atoms with E-state index < -0.39 is 16.6 Å². The Bertz CT molecular complexity index is 1090. The third kappa shape index (κ3) is 4.96.